The normalized spacial score (nSPS) is 11.1. The van der Waals surface area contributed by atoms with Crippen LogP contribution in [0.3, 0.4) is 0 Å². The summed E-state index contributed by atoms with van der Waals surface area (Å²) in [4.78, 5) is 4.35. The van der Waals surface area contributed by atoms with Gasteiger partial charge in [-0.25, -0.2) is 4.98 Å². The number of hydrogen-bond donors (Lipinski definition) is 2. The Hall–Kier alpha value is -1.25. The number of anilines is 2. The van der Waals surface area contributed by atoms with Gasteiger partial charge in [0.1, 0.15) is 11.6 Å². The lowest BCUT2D eigenvalue weighted by molar-refractivity contribution is 0.630. The molecule has 1 aromatic rings. The molecule has 1 heterocycles. The molecule has 0 aliphatic carbocycles. The summed E-state index contributed by atoms with van der Waals surface area (Å²) in [5.74, 6) is 1.79. The Morgan fingerprint density at radius 3 is 2.31 bits per heavy atom. The number of aromatic nitrogens is 1. The molecule has 0 unspecified atom stereocenters. The SMILES string of the molecule is CNc1cccc(NC(C)(C)C)n1. The monoisotopic (exact) mass is 179 g/mol. The fourth-order valence-electron chi connectivity index (χ4n) is 1.03. The van der Waals surface area contributed by atoms with Gasteiger partial charge in [0, 0.05) is 12.6 Å². The number of pyridine rings is 1. The molecule has 3 heteroatoms. The Balaban J connectivity index is 2.78. The molecule has 0 aliphatic heterocycles. The molecule has 0 atom stereocenters. The van der Waals surface area contributed by atoms with Crippen LogP contribution in [0.5, 0.6) is 0 Å². The van der Waals surface area contributed by atoms with Crippen molar-refractivity contribution in [1.82, 2.24) is 4.98 Å². The largest absolute Gasteiger partial charge is 0.373 e. The molecule has 1 rings (SSSR count). The summed E-state index contributed by atoms with van der Waals surface area (Å²) in [7, 11) is 1.86. The van der Waals surface area contributed by atoms with Crippen LogP contribution in [0.25, 0.3) is 0 Å². The van der Waals surface area contributed by atoms with E-state index in [-0.39, 0.29) is 5.54 Å². The molecule has 0 saturated heterocycles. The third kappa shape index (κ3) is 3.32. The molecular formula is C10H17N3. The molecule has 13 heavy (non-hydrogen) atoms. The molecule has 0 bridgehead atoms. The highest BCUT2D eigenvalue weighted by Crippen LogP contribution is 2.13. The first-order valence-electron chi connectivity index (χ1n) is 4.44. The van der Waals surface area contributed by atoms with E-state index < -0.39 is 0 Å². The van der Waals surface area contributed by atoms with Crippen LogP contribution < -0.4 is 10.6 Å². The Morgan fingerprint density at radius 2 is 1.77 bits per heavy atom. The van der Waals surface area contributed by atoms with Gasteiger partial charge in [0.25, 0.3) is 0 Å². The van der Waals surface area contributed by atoms with E-state index in [0.29, 0.717) is 0 Å². The van der Waals surface area contributed by atoms with Gasteiger partial charge in [-0.2, -0.15) is 0 Å². The Labute approximate surface area is 79.6 Å². The maximum atomic E-state index is 4.35. The van der Waals surface area contributed by atoms with E-state index in [1.54, 1.807) is 0 Å². The van der Waals surface area contributed by atoms with Crippen LogP contribution in [0.4, 0.5) is 11.6 Å². The Morgan fingerprint density at radius 1 is 1.15 bits per heavy atom. The quantitative estimate of drug-likeness (QED) is 0.731. The van der Waals surface area contributed by atoms with Crippen molar-refractivity contribution in [2.75, 3.05) is 17.7 Å². The first-order chi connectivity index (χ1) is 6.01. The summed E-state index contributed by atoms with van der Waals surface area (Å²) in [5.41, 5.74) is 0.0549. The fourth-order valence-corrected chi connectivity index (χ4v) is 1.03. The highest BCUT2D eigenvalue weighted by molar-refractivity contribution is 5.45. The van der Waals surface area contributed by atoms with Crippen LogP contribution in [-0.4, -0.2) is 17.6 Å². The van der Waals surface area contributed by atoms with Gasteiger partial charge < -0.3 is 10.6 Å². The highest BCUT2D eigenvalue weighted by Gasteiger charge is 2.09. The van der Waals surface area contributed by atoms with Crippen molar-refractivity contribution in [2.24, 2.45) is 0 Å². The number of nitrogens with one attached hydrogen (secondary N) is 2. The summed E-state index contributed by atoms with van der Waals surface area (Å²) >= 11 is 0. The molecule has 0 saturated carbocycles. The van der Waals surface area contributed by atoms with E-state index in [2.05, 4.69) is 36.4 Å². The van der Waals surface area contributed by atoms with Gasteiger partial charge in [0.15, 0.2) is 0 Å². The van der Waals surface area contributed by atoms with Gasteiger partial charge in [-0.1, -0.05) is 6.07 Å². The van der Waals surface area contributed by atoms with Gasteiger partial charge in [-0.05, 0) is 32.9 Å². The van der Waals surface area contributed by atoms with Crippen molar-refractivity contribution >= 4 is 11.6 Å². The van der Waals surface area contributed by atoms with Crippen LogP contribution in [0.15, 0.2) is 18.2 Å². The summed E-state index contributed by atoms with van der Waals surface area (Å²) < 4.78 is 0. The van der Waals surface area contributed by atoms with Gasteiger partial charge in [-0.3, -0.25) is 0 Å². The summed E-state index contributed by atoms with van der Waals surface area (Å²) in [6, 6.07) is 5.88. The molecule has 1 aromatic heterocycles. The Bertz CT molecular complexity index is 276. The molecule has 0 spiro atoms. The Kier molecular flexibility index (Phi) is 2.76. The van der Waals surface area contributed by atoms with Crippen LogP contribution >= 0.6 is 0 Å². The summed E-state index contributed by atoms with van der Waals surface area (Å²) in [6.07, 6.45) is 0. The minimum atomic E-state index is 0.0549. The predicted molar refractivity (Wildman–Crippen MR) is 57.2 cm³/mol. The highest BCUT2D eigenvalue weighted by atomic mass is 15.1. The predicted octanol–water partition coefficient (Wildman–Crippen LogP) is 2.33. The van der Waals surface area contributed by atoms with Crippen molar-refractivity contribution in [3.05, 3.63) is 18.2 Å². The van der Waals surface area contributed by atoms with Crippen molar-refractivity contribution in [3.63, 3.8) is 0 Å². The molecule has 0 fully saturated rings. The van der Waals surface area contributed by atoms with Crippen LogP contribution in [0, 0.1) is 0 Å². The van der Waals surface area contributed by atoms with Crippen LogP contribution in [-0.2, 0) is 0 Å². The number of rotatable bonds is 2. The van der Waals surface area contributed by atoms with Gasteiger partial charge in [-0.15, -0.1) is 0 Å². The van der Waals surface area contributed by atoms with E-state index in [0.717, 1.165) is 11.6 Å². The molecule has 3 nitrogen and oxygen atoms in total. The summed E-state index contributed by atoms with van der Waals surface area (Å²) in [6.45, 7) is 6.34. The third-order valence-corrected chi connectivity index (χ3v) is 1.51. The van der Waals surface area contributed by atoms with Gasteiger partial charge >= 0.3 is 0 Å². The van der Waals surface area contributed by atoms with Crippen LogP contribution in [0.1, 0.15) is 20.8 Å². The van der Waals surface area contributed by atoms with E-state index in [1.807, 2.05) is 25.2 Å². The van der Waals surface area contributed by atoms with E-state index >= 15 is 0 Å². The van der Waals surface area contributed by atoms with Crippen molar-refractivity contribution in [3.8, 4) is 0 Å². The minimum absolute atomic E-state index is 0.0549. The average molecular weight is 179 g/mol. The van der Waals surface area contributed by atoms with Gasteiger partial charge in [0.05, 0.1) is 0 Å². The first kappa shape index (κ1) is 9.84. The zero-order valence-electron chi connectivity index (χ0n) is 8.68. The molecule has 0 aliphatic rings. The minimum Gasteiger partial charge on any atom is -0.373 e. The molecule has 0 aromatic carbocycles. The fraction of sp³-hybridized carbons (Fsp3) is 0.500. The van der Waals surface area contributed by atoms with Gasteiger partial charge in [0.2, 0.25) is 0 Å². The van der Waals surface area contributed by atoms with E-state index in [1.165, 1.54) is 0 Å². The zero-order chi connectivity index (χ0) is 9.90. The number of hydrogen-bond acceptors (Lipinski definition) is 3. The van der Waals surface area contributed by atoms with E-state index in [9.17, 15) is 0 Å². The van der Waals surface area contributed by atoms with Crippen LogP contribution in [0.2, 0.25) is 0 Å². The lowest BCUT2D eigenvalue weighted by Crippen LogP contribution is -2.26. The maximum absolute atomic E-state index is 4.35. The topological polar surface area (TPSA) is 37.0 Å². The van der Waals surface area contributed by atoms with Crippen molar-refractivity contribution in [2.45, 2.75) is 26.3 Å². The molecule has 0 amide bonds. The standard InChI is InChI=1S/C10H17N3/c1-10(2,3)13-9-7-5-6-8(11-4)12-9/h5-7H,1-4H3,(H2,11,12,13). The molecule has 72 valence electrons. The van der Waals surface area contributed by atoms with Crippen molar-refractivity contribution in [1.29, 1.82) is 0 Å². The summed E-state index contributed by atoms with van der Waals surface area (Å²) in [5, 5.41) is 6.31. The lowest BCUT2D eigenvalue weighted by atomic mass is 10.1. The third-order valence-electron chi connectivity index (χ3n) is 1.51. The lowest BCUT2D eigenvalue weighted by Gasteiger charge is -2.21. The molecule has 2 N–H and O–H groups in total. The van der Waals surface area contributed by atoms with Crippen molar-refractivity contribution < 1.29 is 0 Å². The average Bonchev–Trinajstić information content (AvgIpc) is 2.01. The second kappa shape index (κ2) is 3.64. The molecular weight excluding hydrogens is 162 g/mol. The first-order valence-corrected chi connectivity index (χ1v) is 4.44. The second-order valence-corrected chi connectivity index (χ2v) is 4.03. The maximum Gasteiger partial charge on any atom is 0.128 e. The van der Waals surface area contributed by atoms with E-state index in [4.69, 9.17) is 0 Å². The number of nitrogens with zero attached hydrogens (tertiary/aromatic N) is 1. The second-order valence-electron chi connectivity index (χ2n) is 4.03. The zero-order valence-corrected chi connectivity index (χ0v) is 8.68. The smallest absolute Gasteiger partial charge is 0.128 e. The molecule has 0 radical (unpaired) electrons.